The summed E-state index contributed by atoms with van der Waals surface area (Å²) in [5, 5.41) is 37.4. The number of hydrogen-bond acceptors (Lipinski definition) is 11. The van der Waals surface area contributed by atoms with Gasteiger partial charge in [-0.3, -0.25) is 9.36 Å². The molecule has 2 aliphatic rings. The molecule has 3 aromatic heterocycles. The Morgan fingerprint density at radius 2 is 2.16 bits per heavy atom. The van der Waals surface area contributed by atoms with Crippen LogP contribution in [0.25, 0.3) is 17.1 Å². The minimum atomic E-state index is -1.29. The van der Waals surface area contributed by atoms with Crippen LogP contribution in [0.2, 0.25) is 0 Å². The van der Waals surface area contributed by atoms with E-state index in [0.29, 0.717) is 42.0 Å². The highest BCUT2D eigenvalue weighted by Gasteiger charge is 2.44. The number of carbonyl (C=O) groups excluding carboxylic acids is 1. The molecule has 164 valence electrons. The zero-order valence-electron chi connectivity index (χ0n) is 16.3. The zero-order valence-corrected chi connectivity index (χ0v) is 16.3. The van der Waals surface area contributed by atoms with Crippen LogP contribution in [0, 0.1) is 0 Å². The van der Waals surface area contributed by atoms with Crippen LogP contribution in [0.3, 0.4) is 0 Å². The summed E-state index contributed by atoms with van der Waals surface area (Å²) < 4.78 is 13.9. The molecule has 31 heavy (non-hydrogen) atoms. The van der Waals surface area contributed by atoms with E-state index in [9.17, 15) is 20.1 Å². The van der Waals surface area contributed by atoms with E-state index in [0.717, 1.165) is 6.42 Å². The second-order valence-corrected chi connectivity index (χ2v) is 7.47. The van der Waals surface area contributed by atoms with Crippen molar-refractivity contribution in [2.24, 2.45) is 0 Å². The first kappa shape index (κ1) is 20.0. The molecule has 2 aliphatic heterocycles. The minimum Gasteiger partial charge on any atom is -0.394 e. The molecule has 5 rings (SSSR count). The minimum absolute atomic E-state index is 0.0353. The summed E-state index contributed by atoms with van der Waals surface area (Å²) in [6, 6.07) is 0.0353. The van der Waals surface area contributed by atoms with Crippen LogP contribution >= 0.6 is 0 Å². The molecule has 13 heteroatoms. The monoisotopic (exact) mass is 431 g/mol. The van der Waals surface area contributed by atoms with E-state index in [-0.39, 0.29) is 12.0 Å². The van der Waals surface area contributed by atoms with Gasteiger partial charge in [0.1, 0.15) is 18.3 Å². The van der Waals surface area contributed by atoms with Gasteiger partial charge in [0.05, 0.1) is 37.3 Å². The van der Waals surface area contributed by atoms with Gasteiger partial charge in [-0.05, 0) is 6.42 Å². The number of aliphatic hydroxyl groups excluding tert-OH is 3. The number of nitrogens with one attached hydrogen (secondary N) is 1. The van der Waals surface area contributed by atoms with Gasteiger partial charge in [0, 0.05) is 12.8 Å². The third kappa shape index (κ3) is 3.45. The summed E-state index contributed by atoms with van der Waals surface area (Å²) in [5.74, 6) is 0.611. The number of fused-ring (bicyclic) bond motifs is 1. The smallest absolute Gasteiger partial charge is 0.254 e. The van der Waals surface area contributed by atoms with Crippen LogP contribution < -0.4 is 5.32 Å². The zero-order chi connectivity index (χ0) is 21.5. The Bertz CT molecular complexity index is 1090. The quantitative estimate of drug-likeness (QED) is 0.340. The molecule has 13 nitrogen and oxygen atoms in total. The highest BCUT2D eigenvalue weighted by Crippen LogP contribution is 2.33. The molecule has 0 radical (unpaired) electrons. The molecule has 2 fully saturated rings. The fourth-order valence-electron chi connectivity index (χ4n) is 3.75. The molecule has 0 bridgehead atoms. The van der Waals surface area contributed by atoms with Crippen LogP contribution in [0.1, 0.15) is 23.0 Å². The highest BCUT2D eigenvalue weighted by atomic mass is 16.6. The molecule has 0 aliphatic carbocycles. The number of aromatic nitrogens is 6. The molecule has 0 saturated carbocycles. The summed E-state index contributed by atoms with van der Waals surface area (Å²) in [5.41, 5.74) is 1.11. The Kier molecular flexibility index (Phi) is 5.11. The van der Waals surface area contributed by atoms with E-state index in [1.54, 1.807) is 0 Å². The van der Waals surface area contributed by atoms with Gasteiger partial charge in [0.2, 0.25) is 0 Å². The van der Waals surface area contributed by atoms with Gasteiger partial charge in [-0.2, -0.15) is 15.1 Å². The van der Waals surface area contributed by atoms with Gasteiger partial charge in [0.25, 0.3) is 5.95 Å². The molecule has 0 aromatic carbocycles. The maximum Gasteiger partial charge on any atom is 0.254 e. The molecule has 0 amide bonds. The molecular formula is C18H21N7O6. The molecule has 5 heterocycles. The van der Waals surface area contributed by atoms with Gasteiger partial charge in [-0.15, -0.1) is 0 Å². The van der Waals surface area contributed by atoms with Gasteiger partial charge >= 0.3 is 0 Å². The fourth-order valence-corrected chi connectivity index (χ4v) is 3.75. The number of anilines is 1. The first-order chi connectivity index (χ1) is 15.1. The standard InChI is InChI=1S/C18H21N7O6/c26-5-9-3-20-25(4-9)18-22-15(21-10-1-2-30-7-10)12-16(23-18)24(8-19-12)17-14(29)13(28)11(6-27)31-17/h3-5,8,10-11,13-14,17,27-29H,1-2,6-7H2,(H,21,22,23)/t10?,11-,13-,14-,17-/m1/s1. The van der Waals surface area contributed by atoms with Crippen molar-refractivity contribution in [3.05, 3.63) is 24.3 Å². The highest BCUT2D eigenvalue weighted by molar-refractivity contribution is 5.84. The molecule has 5 atom stereocenters. The van der Waals surface area contributed by atoms with Crippen molar-refractivity contribution in [1.82, 2.24) is 29.3 Å². The van der Waals surface area contributed by atoms with Crippen LogP contribution in [-0.4, -0.2) is 95.1 Å². The van der Waals surface area contributed by atoms with Crippen molar-refractivity contribution in [2.75, 3.05) is 25.1 Å². The molecule has 0 spiro atoms. The van der Waals surface area contributed by atoms with Gasteiger partial charge in [-0.1, -0.05) is 0 Å². The number of aldehydes is 1. The summed E-state index contributed by atoms with van der Waals surface area (Å²) in [4.78, 5) is 24.5. The topological polar surface area (TPSA) is 170 Å². The third-order valence-electron chi connectivity index (χ3n) is 5.42. The number of imidazole rings is 1. The third-order valence-corrected chi connectivity index (χ3v) is 5.42. The average Bonchev–Trinajstić information content (AvgIpc) is 3.56. The van der Waals surface area contributed by atoms with Crippen LogP contribution in [-0.2, 0) is 9.47 Å². The number of aliphatic hydroxyl groups is 3. The Hall–Kier alpha value is -2.97. The lowest BCUT2D eigenvalue weighted by atomic mass is 10.1. The first-order valence-corrected chi connectivity index (χ1v) is 9.80. The van der Waals surface area contributed by atoms with E-state index in [1.165, 1.54) is 28.0 Å². The van der Waals surface area contributed by atoms with Gasteiger partial charge in [0.15, 0.2) is 29.5 Å². The lowest BCUT2D eigenvalue weighted by Crippen LogP contribution is -2.33. The summed E-state index contributed by atoms with van der Waals surface area (Å²) in [7, 11) is 0. The maximum atomic E-state index is 11.1. The van der Waals surface area contributed by atoms with Crippen LogP contribution in [0.15, 0.2) is 18.7 Å². The Morgan fingerprint density at radius 3 is 2.84 bits per heavy atom. The number of hydrogen-bond donors (Lipinski definition) is 4. The second-order valence-electron chi connectivity index (χ2n) is 7.47. The van der Waals surface area contributed by atoms with E-state index in [2.05, 4.69) is 25.4 Å². The molecular weight excluding hydrogens is 410 g/mol. The van der Waals surface area contributed by atoms with Crippen molar-refractivity contribution in [3.8, 4) is 5.95 Å². The van der Waals surface area contributed by atoms with Gasteiger partial charge in [-0.25, -0.2) is 9.67 Å². The SMILES string of the molecule is O=Cc1cnn(-c2nc(NC3CCOC3)c3ncn([C@@H]4O[C@H](CO)[C@@H](O)[C@H]4O)c3n2)c1. The van der Waals surface area contributed by atoms with Crippen molar-refractivity contribution in [2.45, 2.75) is 37.0 Å². The average molecular weight is 431 g/mol. The van der Waals surface area contributed by atoms with Crippen molar-refractivity contribution in [1.29, 1.82) is 0 Å². The molecule has 2 saturated heterocycles. The first-order valence-electron chi connectivity index (χ1n) is 9.80. The van der Waals surface area contributed by atoms with Gasteiger partial charge < -0.3 is 30.1 Å². The fraction of sp³-hybridized carbons (Fsp3) is 0.500. The summed E-state index contributed by atoms with van der Waals surface area (Å²) in [6.07, 6.45) is 1.28. The number of carbonyl (C=O) groups is 1. The Labute approximate surface area is 175 Å². The predicted octanol–water partition coefficient (Wildman–Crippen LogP) is -1.36. The molecule has 3 aromatic rings. The molecule has 1 unspecified atom stereocenters. The second kappa shape index (κ2) is 7.94. The van der Waals surface area contributed by atoms with Crippen LogP contribution in [0.4, 0.5) is 5.82 Å². The summed E-state index contributed by atoms with van der Waals surface area (Å²) >= 11 is 0. The lowest BCUT2D eigenvalue weighted by Gasteiger charge is -2.17. The maximum absolute atomic E-state index is 11.1. The summed E-state index contributed by atoms with van der Waals surface area (Å²) in [6.45, 7) is 0.711. The van der Waals surface area contributed by atoms with E-state index < -0.39 is 31.1 Å². The van der Waals surface area contributed by atoms with Crippen LogP contribution in [0.5, 0.6) is 0 Å². The number of ether oxygens (including phenoxy) is 2. The van der Waals surface area contributed by atoms with E-state index in [1.807, 2.05) is 0 Å². The Balaban J connectivity index is 1.61. The van der Waals surface area contributed by atoms with Crippen molar-refractivity contribution < 1.29 is 29.6 Å². The Morgan fingerprint density at radius 1 is 1.29 bits per heavy atom. The van der Waals surface area contributed by atoms with E-state index in [4.69, 9.17) is 9.47 Å². The molecule has 4 N–H and O–H groups in total. The number of nitrogens with zero attached hydrogens (tertiary/aromatic N) is 6. The lowest BCUT2D eigenvalue weighted by molar-refractivity contribution is -0.0511. The van der Waals surface area contributed by atoms with Crippen molar-refractivity contribution in [3.63, 3.8) is 0 Å². The largest absolute Gasteiger partial charge is 0.394 e. The van der Waals surface area contributed by atoms with Crippen molar-refractivity contribution >= 4 is 23.3 Å². The van der Waals surface area contributed by atoms with E-state index >= 15 is 0 Å². The predicted molar refractivity (Wildman–Crippen MR) is 104 cm³/mol. The normalized spacial score (nSPS) is 28.4. The number of rotatable bonds is 6.